The predicted octanol–water partition coefficient (Wildman–Crippen LogP) is 4.52. The van der Waals surface area contributed by atoms with Crippen molar-refractivity contribution >= 4 is 40.6 Å². The van der Waals surface area contributed by atoms with Crippen molar-refractivity contribution in [3.63, 3.8) is 0 Å². The summed E-state index contributed by atoms with van der Waals surface area (Å²) in [6.07, 6.45) is -1.25. The summed E-state index contributed by atoms with van der Waals surface area (Å²) in [5, 5.41) is 6.21. The van der Waals surface area contributed by atoms with E-state index >= 15 is 0 Å². The van der Waals surface area contributed by atoms with E-state index in [4.69, 9.17) is 0 Å². The van der Waals surface area contributed by atoms with Gasteiger partial charge in [-0.1, -0.05) is 30.3 Å². The summed E-state index contributed by atoms with van der Waals surface area (Å²) in [5.41, 5.74) is 3.16. The summed E-state index contributed by atoms with van der Waals surface area (Å²) in [7, 11) is 1.63. The number of pyridine rings is 1. The second kappa shape index (κ2) is 14.0. The molecule has 0 radical (unpaired) electrons. The summed E-state index contributed by atoms with van der Waals surface area (Å²) in [6, 6.07) is 13.9. The zero-order valence-corrected chi connectivity index (χ0v) is 27.8. The van der Waals surface area contributed by atoms with Gasteiger partial charge in [-0.3, -0.25) is 24.2 Å². The normalized spacial score (nSPS) is 20.3. The van der Waals surface area contributed by atoms with Crippen LogP contribution in [0.3, 0.4) is 0 Å². The van der Waals surface area contributed by atoms with Crippen LogP contribution in [0.1, 0.15) is 28.8 Å². The van der Waals surface area contributed by atoms with E-state index in [0.717, 1.165) is 60.0 Å². The van der Waals surface area contributed by atoms with E-state index in [2.05, 4.69) is 25.4 Å². The molecule has 3 amide bonds. The van der Waals surface area contributed by atoms with Gasteiger partial charge >= 0.3 is 6.18 Å². The lowest BCUT2D eigenvalue weighted by Gasteiger charge is -2.39. The summed E-state index contributed by atoms with van der Waals surface area (Å²) >= 11 is 0. The molecule has 2 aromatic carbocycles. The number of nitrogens with one attached hydrogen (secondary N) is 2. The average Bonchev–Trinajstić information content (AvgIpc) is 3.38. The molecule has 6 rings (SSSR count). The lowest BCUT2D eigenvalue weighted by Crippen LogP contribution is -2.52. The Morgan fingerprint density at radius 1 is 1.06 bits per heavy atom. The van der Waals surface area contributed by atoms with Crippen LogP contribution in [0.25, 0.3) is 0 Å². The lowest BCUT2D eigenvalue weighted by atomic mass is 9.94. The third-order valence-corrected chi connectivity index (χ3v) is 9.31. The molecule has 1 aromatic heterocycles. The minimum atomic E-state index is -4.64. The number of fused-ring (bicyclic) bond motifs is 2. The number of carbonyl (C=O) groups is 3. The molecule has 0 aliphatic carbocycles. The highest BCUT2D eigenvalue weighted by Gasteiger charge is 2.49. The zero-order valence-electron chi connectivity index (χ0n) is 27.8. The second-order valence-corrected chi connectivity index (χ2v) is 12.9. The Kier molecular flexibility index (Phi) is 9.75. The van der Waals surface area contributed by atoms with Crippen molar-refractivity contribution in [3.05, 3.63) is 89.1 Å². The molecule has 4 heterocycles. The van der Waals surface area contributed by atoms with Crippen LogP contribution in [0, 0.1) is 19.8 Å². The fraction of sp³-hybridized carbons (Fsp3) is 0.389. The topological polar surface area (TPSA) is 101 Å². The van der Waals surface area contributed by atoms with E-state index < -0.39 is 29.6 Å². The number of benzene rings is 2. The quantitative estimate of drug-likeness (QED) is 0.356. The number of carbonyl (C=O) groups excluding carboxylic acids is 3. The molecule has 2 atom stereocenters. The number of amides is 3. The van der Waals surface area contributed by atoms with Crippen molar-refractivity contribution in [2.45, 2.75) is 39.0 Å². The highest BCUT2D eigenvalue weighted by Crippen LogP contribution is 2.42. The van der Waals surface area contributed by atoms with Crippen molar-refractivity contribution in [1.82, 2.24) is 15.2 Å². The second-order valence-electron chi connectivity index (χ2n) is 12.9. The van der Waals surface area contributed by atoms with E-state index in [9.17, 15) is 27.6 Å². The highest BCUT2D eigenvalue weighted by molar-refractivity contribution is 6.10. The molecule has 258 valence electrons. The van der Waals surface area contributed by atoms with Crippen LogP contribution < -0.4 is 25.3 Å². The molecule has 3 aromatic rings. The van der Waals surface area contributed by atoms with Crippen molar-refractivity contribution < 1.29 is 27.6 Å². The number of para-hydroxylation sites is 1. The number of anilines is 4. The van der Waals surface area contributed by atoms with E-state index in [-0.39, 0.29) is 29.7 Å². The van der Waals surface area contributed by atoms with Crippen molar-refractivity contribution in [1.29, 1.82) is 0 Å². The molecule has 2 fully saturated rings. The van der Waals surface area contributed by atoms with Crippen LogP contribution in [0.5, 0.6) is 0 Å². The number of rotatable bonds is 7. The Morgan fingerprint density at radius 2 is 1.80 bits per heavy atom. The third-order valence-electron chi connectivity index (χ3n) is 9.31. The van der Waals surface area contributed by atoms with Gasteiger partial charge in [-0.25, -0.2) is 4.98 Å². The van der Waals surface area contributed by atoms with Gasteiger partial charge in [-0.15, -0.1) is 0 Å². The Morgan fingerprint density at radius 3 is 2.51 bits per heavy atom. The number of aryl methyl sites for hydroxylation is 2. The van der Waals surface area contributed by atoms with E-state index in [1.165, 1.54) is 11.8 Å². The van der Waals surface area contributed by atoms with Gasteiger partial charge in [0.1, 0.15) is 11.9 Å². The van der Waals surface area contributed by atoms with Crippen LogP contribution >= 0.6 is 0 Å². The SMILES string of the molecule is Cc1cc(C(F)(F)F)cc(N2C(=O)C[C@@H]3CN(Cc4ccc(NC(=O)/C=C/CN5CCNCC5)cc4)c4c(C)cccc4N(C)C(=O)[C@H]32)n1. The molecule has 0 saturated carbocycles. The molecule has 10 nitrogen and oxygen atoms in total. The number of hydrogen-bond acceptors (Lipinski definition) is 7. The number of hydrogen-bond donors (Lipinski definition) is 2. The van der Waals surface area contributed by atoms with Crippen LogP contribution in [0.15, 0.2) is 66.7 Å². The summed E-state index contributed by atoms with van der Waals surface area (Å²) in [5.74, 6) is -1.75. The monoisotopic (exact) mass is 675 g/mol. The molecule has 2 N–H and O–H groups in total. The van der Waals surface area contributed by atoms with Gasteiger partial charge in [0.25, 0.3) is 0 Å². The largest absolute Gasteiger partial charge is 0.416 e. The Bertz CT molecular complexity index is 1760. The van der Waals surface area contributed by atoms with Gasteiger partial charge in [0, 0.05) is 82.7 Å². The van der Waals surface area contributed by atoms with Crippen LogP contribution in [-0.2, 0) is 27.1 Å². The number of halogens is 3. The van der Waals surface area contributed by atoms with Crippen LogP contribution in [0.4, 0.5) is 36.1 Å². The zero-order chi connectivity index (χ0) is 34.9. The van der Waals surface area contributed by atoms with Crippen LogP contribution in [0.2, 0.25) is 0 Å². The first-order valence-electron chi connectivity index (χ1n) is 16.4. The highest BCUT2D eigenvalue weighted by atomic mass is 19.4. The Balaban J connectivity index is 1.24. The third kappa shape index (κ3) is 7.47. The van der Waals surface area contributed by atoms with Gasteiger partial charge in [0.2, 0.25) is 17.7 Å². The molecule has 0 spiro atoms. The van der Waals surface area contributed by atoms with E-state index in [0.29, 0.717) is 31.0 Å². The standard InChI is InChI=1S/C36H40F3N7O3/c1-23-6-4-7-29-33(23)45(21-25-9-11-28(12-10-25)42-31(47)8-5-15-44-16-13-40-14-17-44)22-26-19-32(48)46(34(26)35(49)43(29)3)30-20-27(36(37,38)39)18-24(2)41-30/h4-12,18,20,26,34,40H,13-17,19,21-22H2,1-3H3,(H,42,47)/b8-5+/t26-,34+/m1/s1. The minimum Gasteiger partial charge on any atom is -0.365 e. The maximum Gasteiger partial charge on any atom is 0.416 e. The fourth-order valence-corrected chi connectivity index (χ4v) is 6.95. The number of aromatic nitrogens is 1. The molecule has 2 saturated heterocycles. The lowest BCUT2D eigenvalue weighted by molar-refractivity contribution is -0.137. The molecule has 0 bridgehead atoms. The fourth-order valence-electron chi connectivity index (χ4n) is 6.95. The van der Waals surface area contributed by atoms with Gasteiger partial charge in [0.15, 0.2) is 0 Å². The number of likely N-dealkylation sites (N-methyl/N-ethyl adjacent to an activating group) is 1. The van der Waals surface area contributed by atoms with Gasteiger partial charge in [0.05, 0.1) is 16.9 Å². The number of piperazine rings is 1. The first-order valence-corrected chi connectivity index (χ1v) is 16.4. The number of nitrogens with zero attached hydrogens (tertiary/aromatic N) is 5. The van der Waals surface area contributed by atoms with Crippen LogP contribution in [-0.4, -0.2) is 80.0 Å². The van der Waals surface area contributed by atoms with Crippen molar-refractivity contribution in [2.24, 2.45) is 5.92 Å². The first-order chi connectivity index (χ1) is 23.4. The van der Waals surface area contributed by atoms with Gasteiger partial charge in [-0.05, 0) is 55.3 Å². The molecule has 0 unspecified atom stereocenters. The van der Waals surface area contributed by atoms with E-state index in [1.54, 1.807) is 13.1 Å². The molecular weight excluding hydrogens is 635 g/mol. The predicted molar refractivity (Wildman–Crippen MR) is 183 cm³/mol. The Labute approximate surface area is 283 Å². The minimum absolute atomic E-state index is 0.0218. The Hall–Kier alpha value is -4.75. The summed E-state index contributed by atoms with van der Waals surface area (Å²) < 4.78 is 41.2. The summed E-state index contributed by atoms with van der Waals surface area (Å²) in [6.45, 7) is 8.62. The molecule has 3 aliphatic rings. The maximum atomic E-state index is 14.1. The van der Waals surface area contributed by atoms with Crippen molar-refractivity contribution in [2.75, 3.05) is 66.3 Å². The van der Waals surface area contributed by atoms with E-state index in [1.807, 2.05) is 55.5 Å². The average molecular weight is 676 g/mol. The van der Waals surface area contributed by atoms with Crippen molar-refractivity contribution in [3.8, 4) is 0 Å². The first kappa shape index (κ1) is 34.1. The molecule has 13 heteroatoms. The molecular formula is C36H40F3N7O3. The smallest absolute Gasteiger partial charge is 0.365 e. The summed E-state index contributed by atoms with van der Waals surface area (Å²) in [4.78, 5) is 51.5. The maximum absolute atomic E-state index is 14.1. The van der Waals surface area contributed by atoms with Gasteiger partial charge in [-0.2, -0.15) is 13.2 Å². The molecule has 3 aliphatic heterocycles. The van der Waals surface area contributed by atoms with Gasteiger partial charge < -0.3 is 20.4 Å². The number of alkyl halides is 3. The molecule has 49 heavy (non-hydrogen) atoms.